The number of amides is 2. The zero-order valence-corrected chi connectivity index (χ0v) is 21.3. The third-order valence-electron chi connectivity index (χ3n) is 6.89. The number of carbonyl (C=O) groups is 2. The van der Waals surface area contributed by atoms with Crippen molar-refractivity contribution in [2.24, 2.45) is 0 Å². The second-order valence-corrected chi connectivity index (χ2v) is 9.35. The maximum Gasteiger partial charge on any atom is 0.247 e. The summed E-state index contributed by atoms with van der Waals surface area (Å²) >= 11 is 0. The number of aromatic nitrogens is 2. The molecule has 3 aromatic carbocycles. The minimum Gasteiger partial charge on any atom is -0.494 e. The van der Waals surface area contributed by atoms with Gasteiger partial charge in [0, 0.05) is 13.1 Å². The van der Waals surface area contributed by atoms with E-state index in [0.717, 1.165) is 33.7 Å². The highest BCUT2D eigenvalue weighted by atomic mass is 16.5. The maximum atomic E-state index is 13.8. The lowest BCUT2D eigenvalue weighted by molar-refractivity contribution is -0.142. The first-order chi connectivity index (χ1) is 18.0. The molecule has 0 saturated heterocycles. The lowest BCUT2D eigenvalue weighted by Crippen LogP contribution is -2.46. The average molecular weight is 497 g/mol. The number of hydrogen-bond donors (Lipinski definition) is 1. The summed E-state index contributed by atoms with van der Waals surface area (Å²) < 4.78 is 7.46. The predicted molar refractivity (Wildman–Crippen MR) is 143 cm³/mol. The second-order valence-electron chi connectivity index (χ2n) is 9.35. The molecule has 0 spiro atoms. The van der Waals surface area contributed by atoms with Gasteiger partial charge in [-0.05, 0) is 55.7 Å². The third-order valence-corrected chi connectivity index (χ3v) is 6.89. The van der Waals surface area contributed by atoms with E-state index < -0.39 is 6.04 Å². The Morgan fingerprint density at radius 1 is 0.973 bits per heavy atom. The molecule has 0 fully saturated rings. The van der Waals surface area contributed by atoms with Crippen LogP contribution in [0.3, 0.4) is 0 Å². The van der Waals surface area contributed by atoms with Gasteiger partial charge in [0.25, 0.3) is 0 Å². The molecule has 2 heterocycles. The predicted octanol–water partition coefficient (Wildman–Crippen LogP) is 4.83. The van der Waals surface area contributed by atoms with Crippen molar-refractivity contribution < 1.29 is 14.3 Å². The summed E-state index contributed by atoms with van der Waals surface area (Å²) in [4.78, 5) is 33.6. The van der Waals surface area contributed by atoms with Gasteiger partial charge in [-0.1, -0.05) is 54.6 Å². The van der Waals surface area contributed by atoms with E-state index >= 15 is 0 Å². The van der Waals surface area contributed by atoms with E-state index in [-0.39, 0.29) is 24.3 Å². The Hall–Kier alpha value is -4.13. The molecule has 7 heteroatoms. The first kappa shape index (κ1) is 24.6. The zero-order valence-electron chi connectivity index (χ0n) is 21.3. The number of fused-ring (bicyclic) bond motifs is 3. The summed E-state index contributed by atoms with van der Waals surface area (Å²) in [5, 5.41) is 3.01. The molecule has 1 aliphatic heterocycles. The third kappa shape index (κ3) is 5.21. The van der Waals surface area contributed by atoms with Crippen LogP contribution in [0.4, 0.5) is 0 Å². The second kappa shape index (κ2) is 10.9. The Balaban J connectivity index is 1.33. The van der Waals surface area contributed by atoms with Crippen molar-refractivity contribution in [2.45, 2.75) is 45.3 Å². The van der Waals surface area contributed by atoms with Gasteiger partial charge in [0.1, 0.15) is 17.6 Å². The molecule has 2 amide bonds. The summed E-state index contributed by atoms with van der Waals surface area (Å²) in [6, 6.07) is 24.8. The van der Waals surface area contributed by atoms with Crippen molar-refractivity contribution >= 4 is 22.8 Å². The van der Waals surface area contributed by atoms with Crippen LogP contribution in [0.5, 0.6) is 5.75 Å². The number of hydrogen-bond acceptors (Lipinski definition) is 4. The SMILES string of the molecule is CCOc1ccc(CCNC(=O)C[C@H]2C(=O)N(Cc3ccccc3)[C@@H](C)c3nc4ccccc4n32)cc1. The van der Waals surface area contributed by atoms with E-state index in [0.29, 0.717) is 26.1 Å². The van der Waals surface area contributed by atoms with Gasteiger partial charge in [-0.25, -0.2) is 4.98 Å². The molecular formula is C30H32N4O3. The van der Waals surface area contributed by atoms with Crippen molar-refractivity contribution in [1.82, 2.24) is 19.8 Å². The quantitative estimate of drug-likeness (QED) is 0.360. The van der Waals surface area contributed by atoms with Crippen LogP contribution in [0.15, 0.2) is 78.9 Å². The van der Waals surface area contributed by atoms with Gasteiger partial charge in [0.05, 0.1) is 30.1 Å². The summed E-state index contributed by atoms with van der Waals surface area (Å²) in [7, 11) is 0. The van der Waals surface area contributed by atoms with E-state index in [4.69, 9.17) is 9.72 Å². The van der Waals surface area contributed by atoms with Crippen LogP contribution in [-0.2, 0) is 22.6 Å². The number of carbonyl (C=O) groups excluding carboxylic acids is 2. The van der Waals surface area contributed by atoms with E-state index in [1.54, 1.807) is 0 Å². The summed E-state index contributed by atoms with van der Waals surface area (Å²) in [5.41, 5.74) is 3.87. The van der Waals surface area contributed by atoms with Gasteiger partial charge in [0.15, 0.2) is 0 Å². The Kier molecular flexibility index (Phi) is 7.21. The zero-order chi connectivity index (χ0) is 25.8. The largest absolute Gasteiger partial charge is 0.494 e. The molecule has 7 nitrogen and oxygen atoms in total. The van der Waals surface area contributed by atoms with Crippen molar-refractivity contribution in [2.75, 3.05) is 13.2 Å². The number of benzene rings is 3. The molecule has 1 aromatic heterocycles. The monoisotopic (exact) mass is 496 g/mol. The van der Waals surface area contributed by atoms with Crippen LogP contribution in [0.1, 0.15) is 49.3 Å². The molecule has 1 aliphatic rings. The van der Waals surface area contributed by atoms with Gasteiger partial charge >= 0.3 is 0 Å². The lowest BCUT2D eigenvalue weighted by atomic mass is 10.0. The normalized spacial score (nSPS) is 17.0. The molecule has 0 radical (unpaired) electrons. The van der Waals surface area contributed by atoms with Gasteiger partial charge in [-0.2, -0.15) is 0 Å². The molecule has 4 aromatic rings. The average Bonchev–Trinajstić information content (AvgIpc) is 3.31. The minimum absolute atomic E-state index is 0.0614. The van der Waals surface area contributed by atoms with Crippen LogP contribution in [0.25, 0.3) is 11.0 Å². The minimum atomic E-state index is -0.646. The summed E-state index contributed by atoms with van der Waals surface area (Å²) in [6.07, 6.45) is 0.765. The van der Waals surface area contributed by atoms with Crippen LogP contribution in [0.2, 0.25) is 0 Å². The molecule has 5 rings (SSSR count). The number of nitrogens with zero attached hydrogens (tertiary/aromatic N) is 3. The van der Waals surface area contributed by atoms with E-state index in [1.807, 2.05) is 102 Å². The van der Waals surface area contributed by atoms with Gasteiger partial charge in [-0.3, -0.25) is 9.59 Å². The topological polar surface area (TPSA) is 76.5 Å². The standard InChI is InChI=1S/C30H32N4O3/c1-3-37-24-15-13-22(14-16-24)17-18-31-28(35)19-27-30(36)33(20-23-9-5-4-6-10-23)21(2)29-32-25-11-7-8-12-26(25)34(27)29/h4-16,21,27H,3,17-20H2,1-2H3,(H,31,35)/t21-,27-/m0/s1. The lowest BCUT2D eigenvalue weighted by Gasteiger charge is -2.38. The first-order valence-corrected chi connectivity index (χ1v) is 12.8. The van der Waals surface area contributed by atoms with Crippen molar-refractivity contribution in [3.63, 3.8) is 0 Å². The Labute approximate surface area is 217 Å². The number of nitrogens with one attached hydrogen (secondary N) is 1. The van der Waals surface area contributed by atoms with Gasteiger partial charge in [-0.15, -0.1) is 0 Å². The highest BCUT2D eigenvalue weighted by Crippen LogP contribution is 2.37. The van der Waals surface area contributed by atoms with Crippen LogP contribution >= 0.6 is 0 Å². The smallest absolute Gasteiger partial charge is 0.247 e. The van der Waals surface area contributed by atoms with E-state index in [1.165, 1.54) is 0 Å². The highest BCUT2D eigenvalue weighted by molar-refractivity contribution is 5.90. The maximum absolute atomic E-state index is 13.8. The number of para-hydroxylation sites is 2. The van der Waals surface area contributed by atoms with Gasteiger partial charge < -0.3 is 19.5 Å². The van der Waals surface area contributed by atoms with E-state index in [2.05, 4.69) is 5.32 Å². The molecular weight excluding hydrogens is 464 g/mol. The van der Waals surface area contributed by atoms with Crippen LogP contribution in [0, 0.1) is 0 Å². The fraction of sp³-hybridized carbons (Fsp3) is 0.300. The molecule has 37 heavy (non-hydrogen) atoms. The number of rotatable bonds is 9. The van der Waals surface area contributed by atoms with Crippen LogP contribution < -0.4 is 10.1 Å². The van der Waals surface area contributed by atoms with Crippen molar-refractivity contribution in [1.29, 1.82) is 0 Å². The Bertz CT molecular complexity index is 1380. The molecule has 1 N–H and O–H groups in total. The molecule has 0 unspecified atom stereocenters. The Morgan fingerprint density at radius 2 is 1.70 bits per heavy atom. The van der Waals surface area contributed by atoms with Crippen LogP contribution in [-0.4, -0.2) is 39.4 Å². The fourth-order valence-corrected chi connectivity index (χ4v) is 5.00. The van der Waals surface area contributed by atoms with Crippen molar-refractivity contribution in [3.05, 3.63) is 95.8 Å². The van der Waals surface area contributed by atoms with E-state index in [9.17, 15) is 9.59 Å². The highest BCUT2D eigenvalue weighted by Gasteiger charge is 2.40. The number of ether oxygens (including phenoxy) is 1. The molecule has 0 aliphatic carbocycles. The molecule has 190 valence electrons. The first-order valence-electron chi connectivity index (χ1n) is 12.8. The Morgan fingerprint density at radius 3 is 2.46 bits per heavy atom. The summed E-state index contributed by atoms with van der Waals surface area (Å²) in [6.45, 7) is 5.56. The summed E-state index contributed by atoms with van der Waals surface area (Å²) in [5.74, 6) is 1.43. The molecule has 0 bridgehead atoms. The number of imidazole rings is 1. The fourth-order valence-electron chi connectivity index (χ4n) is 5.00. The van der Waals surface area contributed by atoms with Gasteiger partial charge in [0.2, 0.25) is 11.8 Å². The van der Waals surface area contributed by atoms with Crippen molar-refractivity contribution in [3.8, 4) is 5.75 Å². The molecule has 0 saturated carbocycles. The molecule has 2 atom stereocenters.